The smallest absolute Gasteiger partial charge is 0.344 e. The van der Waals surface area contributed by atoms with E-state index in [1.165, 1.54) is 10.2 Å². The van der Waals surface area contributed by atoms with Crippen LogP contribution in [0.5, 0.6) is 5.75 Å². The van der Waals surface area contributed by atoms with Gasteiger partial charge in [-0.05, 0) is 49.4 Å². The second kappa shape index (κ2) is 5.03. The molecular weight excluding hydrogens is 312 g/mol. The summed E-state index contributed by atoms with van der Waals surface area (Å²) in [6.07, 6.45) is 3.09. The van der Waals surface area contributed by atoms with Gasteiger partial charge in [0, 0.05) is 7.05 Å². The molecule has 2 aromatic rings. The zero-order valence-electron chi connectivity index (χ0n) is 11.8. The molecule has 1 aromatic heterocycles. The predicted octanol–water partition coefficient (Wildman–Crippen LogP) is 2.64. The van der Waals surface area contributed by atoms with E-state index in [9.17, 15) is 8.42 Å². The Kier molecular flexibility index (Phi) is 3.45. The summed E-state index contributed by atoms with van der Waals surface area (Å²) < 4.78 is 31.3. The predicted molar refractivity (Wildman–Crippen MR) is 79.2 cm³/mol. The first kappa shape index (κ1) is 14.4. The standard InChI is InChI=1S/C14H15ClN2O3S/c1-9-13(14(15)17(2)16-9)21(18,19)20-12-7-6-10-4-3-5-11(10)8-12/h6-8H,3-5H2,1-2H3. The lowest BCUT2D eigenvalue weighted by Crippen LogP contribution is -2.11. The van der Waals surface area contributed by atoms with Gasteiger partial charge in [-0.25, -0.2) is 0 Å². The van der Waals surface area contributed by atoms with E-state index in [0.717, 1.165) is 24.8 Å². The van der Waals surface area contributed by atoms with E-state index in [4.69, 9.17) is 15.8 Å². The topological polar surface area (TPSA) is 61.2 Å². The van der Waals surface area contributed by atoms with Crippen molar-refractivity contribution in [1.82, 2.24) is 9.78 Å². The molecule has 1 aromatic carbocycles. The molecule has 0 spiro atoms. The Morgan fingerprint density at radius 1 is 1.29 bits per heavy atom. The molecule has 3 rings (SSSR count). The van der Waals surface area contributed by atoms with Crippen LogP contribution in [0.4, 0.5) is 0 Å². The molecule has 0 aliphatic heterocycles. The fraction of sp³-hybridized carbons (Fsp3) is 0.357. The van der Waals surface area contributed by atoms with E-state index in [1.54, 1.807) is 26.1 Å². The minimum absolute atomic E-state index is 0.0497. The molecule has 1 aliphatic carbocycles. The molecule has 5 nitrogen and oxygen atoms in total. The number of aromatic nitrogens is 2. The zero-order chi connectivity index (χ0) is 15.2. The van der Waals surface area contributed by atoms with Crippen molar-refractivity contribution in [2.75, 3.05) is 0 Å². The Morgan fingerprint density at radius 2 is 2.00 bits per heavy atom. The van der Waals surface area contributed by atoms with Gasteiger partial charge >= 0.3 is 10.1 Å². The van der Waals surface area contributed by atoms with Crippen molar-refractivity contribution in [3.63, 3.8) is 0 Å². The molecule has 0 radical (unpaired) electrons. The number of hydrogen-bond acceptors (Lipinski definition) is 4. The molecule has 0 fully saturated rings. The average Bonchev–Trinajstić information content (AvgIpc) is 2.94. The third-order valence-corrected chi connectivity index (χ3v) is 5.57. The molecule has 1 aliphatic rings. The second-order valence-corrected chi connectivity index (χ2v) is 6.99. The normalized spacial score (nSPS) is 14.2. The summed E-state index contributed by atoms with van der Waals surface area (Å²) in [7, 11) is -2.40. The third-order valence-electron chi connectivity index (χ3n) is 3.63. The van der Waals surface area contributed by atoms with Crippen molar-refractivity contribution in [1.29, 1.82) is 0 Å². The highest BCUT2D eigenvalue weighted by molar-refractivity contribution is 7.87. The van der Waals surface area contributed by atoms with E-state index < -0.39 is 10.1 Å². The number of fused-ring (bicyclic) bond motifs is 1. The van der Waals surface area contributed by atoms with Gasteiger partial charge in [-0.1, -0.05) is 17.7 Å². The molecule has 0 saturated carbocycles. The fourth-order valence-electron chi connectivity index (χ4n) is 2.66. The summed E-state index contributed by atoms with van der Waals surface area (Å²) >= 11 is 6.00. The maximum absolute atomic E-state index is 12.4. The van der Waals surface area contributed by atoms with Crippen LogP contribution in [-0.4, -0.2) is 18.2 Å². The molecule has 0 N–H and O–H groups in total. The quantitative estimate of drug-likeness (QED) is 0.813. The minimum atomic E-state index is -3.99. The van der Waals surface area contributed by atoms with E-state index in [-0.39, 0.29) is 10.0 Å². The van der Waals surface area contributed by atoms with Gasteiger partial charge < -0.3 is 4.18 Å². The Bertz CT molecular complexity index is 812. The van der Waals surface area contributed by atoms with Crippen LogP contribution in [0, 0.1) is 6.92 Å². The first-order chi connectivity index (χ1) is 9.88. The lowest BCUT2D eigenvalue weighted by atomic mass is 10.1. The van der Waals surface area contributed by atoms with E-state index in [2.05, 4.69) is 5.10 Å². The van der Waals surface area contributed by atoms with Gasteiger partial charge in [-0.2, -0.15) is 13.5 Å². The molecule has 112 valence electrons. The molecule has 0 amide bonds. The van der Waals surface area contributed by atoms with Crippen molar-refractivity contribution in [2.24, 2.45) is 7.05 Å². The van der Waals surface area contributed by atoms with Crippen molar-refractivity contribution < 1.29 is 12.6 Å². The molecular formula is C14H15ClN2O3S. The van der Waals surface area contributed by atoms with Gasteiger partial charge in [0.2, 0.25) is 0 Å². The van der Waals surface area contributed by atoms with E-state index in [1.807, 2.05) is 6.07 Å². The van der Waals surface area contributed by atoms with Crippen LogP contribution in [0.3, 0.4) is 0 Å². The number of hydrogen-bond donors (Lipinski definition) is 0. The summed E-state index contributed by atoms with van der Waals surface area (Å²) in [6.45, 7) is 1.59. The summed E-state index contributed by atoms with van der Waals surface area (Å²) in [6, 6.07) is 5.39. The highest BCUT2D eigenvalue weighted by atomic mass is 35.5. The van der Waals surface area contributed by atoms with Crippen molar-refractivity contribution >= 4 is 21.7 Å². The van der Waals surface area contributed by atoms with E-state index >= 15 is 0 Å². The van der Waals surface area contributed by atoms with Gasteiger partial charge in [-0.15, -0.1) is 0 Å². The molecule has 7 heteroatoms. The Balaban J connectivity index is 1.96. The van der Waals surface area contributed by atoms with Gasteiger partial charge in [0.1, 0.15) is 10.9 Å². The van der Waals surface area contributed by atoms with Crippen LogP contribution in [0.15, 0.2) is 23.1 Å². The second-order valence-electron chi connectivity index (χ2n) is 5.15. The van der Waals surface area contributed by atoms with Crippen LogP contribution in [-0.2, 0) is 30.0 Å². The van der Waals surface area contributed by atoms with Crippen molar-refractivity contribution in [3.05, 3.63) is 40.2 Å². The first-order valence-corrected chi connectivity index (χ1v) is 8.42. The summed E-state index contributed by atoms with van der Waals surface area (Å²) in [5, 5.41) is 4.05. The number of aryl methyl sites for hydroxylation is 4. The zero-order valence-corrected chi connectivity index (χ0v) is 13.3. The Labute approximate surface area is 128 Å². The van der Waals surface area contributed by atoms with Crippen molar-refractivity contribution in [2.45, 2.75) is 31.1 Å². The maximum Gasteiger partial charge on any atom is 0.344 e. The van der Waals surface area contributed by atoms with E-state index in [0.29, 0.717) is 11.4 Å². The number of halogens is 1. The van der Waals surface area contributed by atoms with Crippen LogP contribution >= 0.6 is 11.6 Å². The van der Waals surface area contributed by atoms with Gasteiger partial charge in [0.15, 0.2) is 4.90 Å². The van der Waals surface area contributed by atoms with Crippen LogP contribution < -0.4 is 4.18 Å². The van der Waals surface area contributed by atoms with Gasteiger partial charge in [0.25, 0.3) is 0 Å². The summed E-state index contributed by atoms with van der Waals surface area (Å²) in [5.74, 6) is 0.315. The lowest BCUT2D eigenvalue weighted by molar-refractivity contribution is 0.485. The van der Waals surface area contributed by atoms with Gasteiger partial charge in [0.05, 0.1) is 5.69 Å². The largest absolute Gasteiger partial charge is 0.379 e. The van der Waals surface area contributed by atoms with Crippen LogP contribution in [0.2, 0.25) is 5.15 Å². The highest BCUT2D eigenvalue weighted by Crippen LogP contribution is 2.30. The minimum Gasteiger partial charge on any atom is -0.379 e. The maximum atomic E-state index is 12.4. The number of rotatable bonds is 3. The number of nitrogens with zero attached hydrogens (tertiary/aromatic N) is 2. The summed E-state index contributed by atoms with van der Waals surface area (Å²) in [5.41, 5.74) is 2.73. The Morgan fingerprint density at radius 3 is 2.67 bits per heavy atom. The molecule has 21 heavy (non-hydrogen) atoms. The number of benzene rings is 1. The van der Waals surface area contributed by atoms with Crippen LogP contribution in [0.25, 0.3) is 0 Å². The van der Waals surface area contributed by atoms with Gasteiger partial charge in [-0.3, -0.25) is 4.68 Å². The summed E-state index contributed by atoms with van der Waals surface area (Å²) in [4.78, 5) is -0.0767. The molecule has 0 atom stereocenters. The third kappa shape index (κ3) is 2.53. The highest BCUT2D eigenvalue weighted by Gasteiger charge is 2.27. The Hall–Kier alpha value is -1.53. The molecule has 0 saturated heterocycles. The molecule has 0 unspecified atom stereocenters. The molecule has 0 bridgehead atoms. The van der Waals surface area contributed by atoms with Crippen molar-refractivity contribution in [3.8, 4) is 5.75 Å². The first-order valence-electron chi connectivity index (χ1n) is 6.64. The SMILES string of the molecule is Cc1nn(C)c(Cl)c1S(=O)(=O)Oc1ccc2c(c1)CCC2. The lowest BCUT2D eigenvalue weighted by Gasteiger charge is -2.08. The van der Waals surface area contributed by atoms with Crippen LogP contribution in [0.1, 0.15) is 23.2 Å². The molecule has 1 heterocycles. The fourth-order valence-corrected chi connectivity index (χ4v) is 4.30. The average molecular weight is 327 g/mol. The monoisotopic (exact) mass is 326 g/mol.